The van der Waals surface area contributed by atoms with Crippen LogP contribution in [0.5, 0.6) is 0 Å². The first-order valence-electron chi connectivity index (χ1n) is 9.96. The summed E-state index contributed by atoms with van der Waals surface area (Å²) in [7, 11) is 0. The summed E-state index contributed by atoms with van der Waals surface area (Å²) in [5.74, 6) is 4.53. The summed E-state index contributed by atoms with van der Waals surface area (Å²) in [6.07, 6.45) is 12.0. The molecular formula is C20H34O3. The van der Waals surface area contributed by atoms with Gasteiger partial charge in [0.1, 0.15) is 0 Å². The van der Waals surface area contributed by atoms with Gasteiger partial charge in [0.05, 0.1) is 6.10 Å². The van der Waals surface area contributed by atoms with Crippen molar-refractivity contribution in [3.05, 3.63) is 0 Å². The fraction of sp³-hybridized carbons (Fsp3) is 1.00. The third kappa shape index (κ3) is 2.33. The minimum atomic E-state index is 0.0926. The molecule has 4 saturated carbocycles. The van der Waals surface area contributed by atoms with Crippen LogP contribution in [0.1, 0.15) is 78.6 Å². The van der Waals surface area contributed by atoms with Gasteiger partial charge in [-0.15, -0.1) is 0 Å². The maximum Gasteiger partial charge on any atom is 0.0964 e. The Morgan fingerprint density at radius 2 is 1.61 bits per heavy atom. The fourth-order valence-corrected chi connectivity index (χ4v) is 7.63. The molecule has 4 aliphatic carbocycles. The smallest absolute Gasteiger partial charge is 0.0964 e. The van der Waals surface area contributed by atoms with Crippen molar-refractivity contribution in [1.29, 1.82) is 0 Å². The van der Waals surface area contributed by atoms with Crippen LogP contribution < -0.4 is 0 Å². The average molecular weight is 322 g/mol. The molecule has 4 aliphatic rings. The van der Waals surface area contributed by atoms with Gasteiger partial charge >= 0.3 is 0 Å². The fourth-order valence-electron chi connectivity index (χ4n) is 7.63. The highest BCUT2D eigenvalue weighted by molar-refractivity contribution is 5.08. The third-order valence-electron chi connectivity index (χ3n) is 9.27. The second-order valence-corrected chi connectivity index (χ2v) is 9.75. The molecule has 0 bridgehead atoms. The largest absolute Gasteiger partial charge is 0.221 e. The van der Waals surface area contributed by atoms with Crippen LogP contribution in [-0.2, 0) is 9.93 Å². The van der Waals surface area contributed by atoms with Gasteiger partial charge in [-0.3, -0.25) is 0 Å². The van der Waals surface area contributed by atoms with Crippen LogP contribution in [0.3, 0.4) is 0 Å². The Morgan fingerprint density at radius 3 is 2.39 bits per heavy atom. The van der Waals surface area contributed by atoms with Crippen LogP contribution in [0.2, 0.25) is 0 Å². The molecule has 0 heterocycles. The maximum atomic E-state index is 8.60. The van der Waals surface area contributed by atoms with Gasteiger partial charge in [-0.25, -0.2) is 10.1 Å². The lowest BCUT2D eigenvalue weighted by Crippen LogP contribution is -2.53. The van der Waals surface area contributed by atoms with Crippen LogP contribution in [0, 0.1) is 40.4 Å². The Morgan fingerprint density at radius 1 is 0.870 bits per heavy atom. The SMILES string of the molecule is C[C@H]1CC[C@@H]2C3CC[C@@H]4C[C@@H](OOO)CC[C@]4(C)C3CC[C@@]21C. The topological polar surface area (TPSA) is 38.7 Å². The maximum absolute atomic E-state index is 8.60. The summed E-state index contributed by atoms with van der Waals surface area (Å²) in [5, 5.41) is 12.6. The zero-order valence-electron chi connectivity index (χ0n) is 15.1. The molecule has 3 nitrogen and oxygen atoms in total. The van der Waals surface area contributed by atoms with Crippen molar-refractivity contribution in [1.82, 2.24) is 0 Å². The van der Waals surface area contributed by atoms with Crippen LogP contribution in [-0.4, -0.2) is 11.4 Å². The lowest BCUT2D eigenvalue weighted by atomic mass is 9.45. The van der Waals surface area contributed by atoms with Crippen molar-refractivity contribution < 1.29 is 15.2 Å². The van der Waals surface area contributed by atoms with Crippen molar-refractivity contribution in [2.45, 2.75) is 84.7 Å². The Balaban J connectivity index is 1.55. The number of fused-ring (bicyclic) bond motifs is 5. The quantitative estimate of drug-likeness (QED) is 0.542. The molecule has 0 radical (unpaired) electrons. The summed E-state index contributed by atoms with van der Waals surface area (Å²) < 4.78 is 0. The van der Waals surface area contributed by atoms with E-state index >= 15 is 0 Å². The van der Waals surface area contributed by atoms with Gasteiger partial charge in [0.25, 0.3) is 0 Å². The van der Waals surface area contributed by atoms with Crippen molar-refractivity contribution in [3.8, 4) is 0 Å². The zero-order valence-corrected chi connectivity index (χ0v) is 15.1. The van der Waals surface area contributed by atoms with Gasteiger partial charge in [-0.1, -0.05) is 25.8 Å². The molecular weight excluding hydrogens is 288 g/mol. The molecule has 0 aromatic rings. The Hall–Kier alpha value is -0.120. The molecule has 0 aliphatic heterocycles. The summed E-state index contributed by atoms with van der Waals surface area (Å²) in [5.41, 5.74) is 1.11. The van der Waals surface area contributed by atoms with E-state index in [9.17, 15) is 0 Å². The highest BCUT2D eigenvalue weighted by Crippen LogP contribution is 2.67. The Labute approximate surface area is 141 Å². The number of hydrogen-bond acceptors (Lipinski definition) is 3. The third-order valence-corrected chi connectivity index (χ3v) is 9.27. The predicted molar refractivity (Wildman–Crippen MR) is 89.5 cm³/mol. The van der Waals surface area contributed by atoms with E-state index in [4.69, 9.17) is 10.1 Å². The average Bonchev–Trinajstić information content (AvgIpc) is 2.84. The van der Waals surface area contributed by atoms with Crippen LogP contribution in [0.4, 0.5) is 0 Å². The molecule has 3 heteroatoms. The van der Waals surface area contributed by atoms with E-state index < -0.39 is 0 Å². The first-order chi connectivity index (χ1) is 11.0. The lowest BCUT2D eigenvalue weighted by Gasteiger charge is -2.61. The van der Waals surface area contributed by atoms with Gasteiger partial charge < -0.3 is 0 Å². The van der Waals surface area contributed by atoms with E-state index in [-0.39, 0.29) is 6.10 Å². The molecule has 1 N–H and O–H groups in total. The van der Waals surface area contributed by atoms with Crippen molar-refractivity contribution in [3.63, 3.8) is 0 Å². The van der Waals surface area contributed by atoms with Crippen LogP contribution in [0.25, 0.3) is 0 Å². The number of rotatable bonds is 2. The highest BCUT2D eigenvalue weighted by atomic mass is 17.5. The van der Waals surface area contributed by atoms with E-state index in [1.807, 2.05) is 0 Å². The Bertz CT molecular complexity index is 452. The monoisotopic (exact) mass is 322 g/mol. The van der Waals surface area contributed by atoms with Gasteiger partial charge in [0.2, 0.25) is 0 Å². The summed E-state index contributed by atoms with van der Waals surface area (Å²) in [6, 6.07) is 0. The van der Waals surface area contributed by atoms with Crippen molar-refractivity contribution in [2.75, 3.05) is 0 Å². The van der Waals surface area contributed by atoms with Crippen LogP contribution in [0.15, 0.2) is 0 Å². The second-order valence-electron chi connectivity index (χ2n) is 9.75. The molecule has 4 rings (SSSR count). The Kier molecular flexibility index (Phi) is 4.06. The molecule has 8 atom stereocenters. The molecule has 132 valence electrons. The molecule has 0 amide bonds. The standard InChI is InChI=1S/C20H34O3/c1-13-4-7-17-16-6-5-14-12-15(22-23-21)8-10-20(14,3)18(16)9-11-19(13,17)2/h13-18,21H,4-12H2,1-3H3/t13-,14+,15-,16?,17+,18?,19+,20-/m0/s1. The summed E-state index contributed by atoms with van der Waals surface area (Å²) >= 11 is 0. The van der Waals surface area contributed by atoms with Crippen LogP contribution >= 0.6 is 0 Å². The molecule has 23 heavy (non-hydrogen) atoms. The predicted octanol–water partition coefficient (Wildman–Crippen LogP) is 5.46. The van der Waals surface area contributed by atoms with Gasteiger partial charge in [-0.05, 0) is 98.2 Å². The van der Waals surface area contributed by atoms with E-state index in [0.717, 1.165) is 42.4 Å². The summed E-state index contributed by atoms with van der Waals surface area (Å²) in [4.78, 5) is 5.07. The molecule has 4 fully saturated rings. The minimum Gasteiger partial charge on any atom is -0.221 e. The second kappa shape index (κ2) is 5.71. The minimum absolute atomic E-state index is 0.0926. The highest BCUT2D eigenvalue weighted by Gasteiger charge is 2.59. The molecule has 0 saturated heterocycles. The molecule has 0 spiro atoms. The molecule has 2 unspecified atom stereocenters. The van der Waals surface area contributed by atoms with E-state index in [1.165, 1.54) is 44.9 Å². The molecule has 0 aromatic carbocycles. The van der Waals surface area contributed by atoms with Gasteiger partial charge in [0.15, 0.2) is 0 Å². The number of hydrogen-bond donors (Lipinski definition) is 1. The first kappa shape index (κ1) is 16.4. The summed E-state index contributed by atoms with van der Waals surface area (Å²) in [6.45, 7) is 7.68. The first-order valence-corrected chi connectivity index (χ1v) is 9.96. The zero-order chi connectivity index (χ0) is 16.2. The lowest BCUT2D eigenvalue weighted by molar-refractivity contribution is -0.509. The van der Waals surface area contributed by atoms with E-state index in [2.05, 4.69) is 25.8 Å². The normalized spacial score (nSPS) is 55.8. The van der Waals surface area contributed by atoms with Gasteiger partial charge in [-0.2, -0.15) is 0 Å². The van der Waals surface area contributed by atoms with E-state index in [1.54, 1.807) is 0 Å². The van der Waals surface area contributed by atoms with Crippen molar-refractivity contribution in [2.24, 2.45) is 40.4 Å². The van der Waals surface area contributed by atoms with Gasteiger partial charge in [0, 0.05) is 0 Å². The van der Waals surface area contributed by atoms with E-state index in [0.29, 0.717) is 10.8 Å². The molecule has 0 aromatic heterocycles. The van der Waals surface area contributed by atoms with Crippen molar-refractivity contribution >= 4 is 0 Å².